The van der Waals surface area contributed by atoms with Gasteiger partial charge in [0.05, 0.1) is 12.8 Å². The van der Waals surface area contributed by atoms with Crippen molar-refractivity contribution < 1.29 is 13.9 Å². The number of anilines is 1. The molecule has 2 aromatic heterocycles. The molecule has 0 atom stereocenters. The van der Waals surface area contributed by atoms with Crippen molar-refractivity contribution in [2.24, 2.45) is 0 Å². The predicted molar refractivity (Wildman–Crippen MR) is 76.1 cm³/mol. The number of halogens is 2. The zero-order valence-corrected chi connectivity index (χ0v) is 11.5. The van der Waals surface area contributed by atoms with E-state index in [-0.39, 0.29) is 30.0 Å². The van der Waals surface area contributed by atoms with Gasteiger partial charge in [0, 0.05) is 0 Å². The lowest BCUT2D eigenvalue weighted by Gasteiger charge is -2.05. The molecule has 2 N–H and O–H groups in total. The second-order valence-electron chi connectivity index (χ2n) is 3.52. The molecule has 0 aliphatic heterocycles. The molecule has 2 heterocycles. The van der Waals surface area contributed by atoms with E-state index >= 15 is 0 Å². The number of ether oxygens (including phenoxy) is 1. The van der Waals surface area contributed by atoms with Crippen molar-refractivity contribution >= 4 is 27.7 Å². The molecule has 0 aliphatic rings. The Balaban J connectivity index is 0.00000200. The highest BCUT2D eigenvalue weighted by Crippen LogP contribution is 2.19. The van der Waals surface area contributed by atoms with Crippen LogP contribution in [0.25, 0.3) is 5.82 Å². The van der Waals surface area contributed by atoms with Crippen LogP contribution < -0.4 is 5.73 Å². The first-order chi connectivity index (χ1) is 9.04. The van der Waals surface area contributed by atoms with Gasteiger partial charge in [-0.05, 0) is 35.0 Å². The number of nitrogens with zero attached hydrogens (tertiary/aromatic N) is 3. The standard InChI is InChI=1S/C11H10BrFN4O2.CH4/c1-2-19-11(18)6-5-15-17(10(6)14)8-4-3-7(13)9(12)16-8;/h3-5H,2,14H2,1H3;1H4. The molecule has 2 rings (SSSR count). The van der Waals surface area contributed by atoms with Gasteiger partial charge < -0.3 is 10.5 Å². The summed E-state index contributed by atoms with van der Waals surface area (Å²) in [6, 6.07) is 2.62. The van der Waals surface area contributed by atoms with Crippen molar-refractivity contribution in [1.29, 1.82) is 0 Å². The van der Waals surface area contributed by atoms with Gasteiger partial charge in [0.15, 0.2) is 11.6 Å². The van der Waals surface area contributed by atoms with Gasteiger partial charge >= 0.3 is 5.97 Å². The van der Waals surface area contributed by atoms with Crippen LogP contribution in [0.4, 0.5) is 10.2 Å². The first-order valence-electron chi connectivity index (χ1n) is 5.37. The summed E-state index contributed by atoms with van der Waals surface area (Å²) in [5, 5.41) is 3.95. The third kappa shape index (κ3) is 2.96. The normalized spacial score (nSPS) is 9.95. The van der Waals surface area contributed by atoms with E-state index in [9.17, 15) is 9.18 Å². The number of pyridine rings is 1. The van der Waals surface area contributed by atoms with E-state index in [4.69, 9.17) is 10.5 Å². The third-order valence-electron chi connectivity index (χ3n) is 2.31. The average Bonchev–Trinajstić information content (AvgIpc) is 2.75. The van der Waals surface area contributed by atoms with Crippen molar-refractivity contribution in [2.75, 3.05) is 12.3 Å². The fourth-order valence-electron chi connectivity index (χ4n) is 1.43. The second kappa shape index (κ2) is 6.47. The fraction of sp³-hybridized carbons (Fsp3) is 0.250. The number of nitrogen functional groups attached to an aromatic ring is 1. The van der Waals surface area contributed by atoms with Crippen LogP contribution >= 0.6 is 15.9 Å². The minimum Gasteiger partial charge on any atom is -0.462 e. The van der Waals surface area contributed by atoms with E-state index in [0.717, 1.165) is 0 Å². The van der Waals surface area contributed by atoms with Crippen molar-refractivity contribution in [2.45, 2.75) is 14.4 Å². The summed E-state index contributed by atoms with van der Waals surface area (Å²) in [5.74, 6) is -0.682. The topological polar surface area (TPSA) is 83.0 Å². The molecule has 0 spiro atoms. The summed E-state index contributed by atoms with van der Waals surface area (Å²) in [5.41, 5.74) is 5.95. The van der Waals surface area contributed by atoms with Gasteiger partial charge in [0.2, 0.25) is 0 Å². The van der Waals surface area contributed by atoms with Crippen LogP contribution in [0.2, 0.25) is 0 Å². The molecule has 0 bridgehead atoms. The van der Waals surface area contributed by atoms with E-state index < -0.39 is 11.8 Å². The van der Waals surface area contributed by atoms with Gasteiger partial charge in [-0.3, -0.25) is 0 Å². The van der Waals surface area contributed by atoms with Gasteiger partial charge in [-0.15, -0.1) is 0 Å². The van der Waals surface area contributed by atoms with Crippen LogP contribution in [0.3, 0.4) is 0 Å². The summed E-state index contributed by atoms with van der Waals surface area (Å²) < 4.78 is 19.2. The quantitative estimate of drug-likeness (QED) is 0.683. The average molecular weight is 345 g/mol. The SMILES string of the molecule is C.CCOC(=O)c1cnn(-c2ccc(F)c(Br)n2)c1N. The molecule has 6 nitrogen and oxygen atoms in total. The monoisotopic (exact) mass is 344 g/mol. The lowest BCUT2D eigenvalue weighted by molar-refractivity contribution is 0.0527. The summed E-state index contributed by atoms with van der Waals surface area (Å²) in [6.07, 6.45) is 1.28. The second-order valence-corrected chi connectivity index (χ2v) is 4.27. The van der Waals surface area contributed by atoms with Gasteiger partial charge in [0.1, 0.15) is 16.0 Å². The smallest absolute Gasteiger partial charge is 0.343 e. The zero-order valence-electron chi connectivity index (χ0n) is 9.93. The van der Waals surface area contributed by atoms with Crippen molar-refractivity contribution in [3.63, 3.8) is 0 Å². The van der Waals surface area contributed by atoms with E-state index in [0.29, 0.717) is 5.82 Å². The first kappa shape index (κ1) is 16.1. The molecule has 0 radical (unpaired) electrons. The van der Waals surface area contributed by atoms with Gasteiger partial charge in [-0.1, -0.05) is 7.43 Å². The Hall–Kier alpha value is -1.96. The number of aromatic nitrogens is 3. The maximum atomic E-state index is 13.1. The Labute approximate surface area is 123 Å². The van der Waals surface area contributed by atoms with Crippen LogP contribution in [-0.2, 0) is 4.74 Å². The van der Waals surface area contributed by atoms with Gasteiger partial charge in [-0.25, -0.2) is 14.2 Å². The molecular weight excluding hydrogens is 331 g/mol. The maximum absolute atomic E-state index is 13.1. The predicted octanol–water partition coefficient (Wildman–Crippen LogP) is 2.56. The third-order valence-corrected chi connectivity index (χ3v) is 2.86. The molecule has 20 heavy (non-hydrogen) atoms. The number of hydrogen-bond donors (Lipinski definition) is 1. The van der Waals surface area contributed by atoms with E-state index in [1.807, 2.05) is 0 Å². The molecule has 0 saturated carbocycles. The van der Waals surface area contributed by atoms with Crippen LogP contribution in [0.5, 0.6) is 0 Å². The molecule has 2 aromatic rings. The highest BCUT2D eigenvalue weighted by atomic mass is 79.9. The Kier molecular flexibility index (Phi) is 5.20. The Morgan fingerprint density at radius 3 is 2.85 bits per heavy atom. The lowest BCUT2D eigenvalue weighted by atomic mass is 10.3. The molecule has 0 amide bonds. The van der Waals surface area contributed by atoms with Crippen LogP contribution in [0.1, 0.15) is 24.7 Å². The number of carbonyl (C=O) groups is 1. The van der Waals surface area contributed by atoms with E-state index in [2.05, 4.69) is 26.0 Å². The summed E-state index contributed by atoms with van der Waals surface area (Å²) in [4.78, 5) is 15.5. The fourth-order valence-corrected chi connectivity index (χ4v) is 1.75. The highest BCUT2D eigenvalue weighted by molar-refractivity contribution is 9.10. The highest BCUT2D eigenvalue weighted by Gasteiger charge is 2.18. The molecule has 0 aromatic carbocycles. The van der Waals surface area contributed by atoms with E-state index in [1.54, 1.807) is 6.92 Å². The molecular formula is C12H14BrFN4O2. The Bertz CT molecular complexity index is 630. The van der Waals surface area contributed by atoms with Crippen molar-refractivity contribution in [1.82, 2.24) is 14.8 Å². The summed E-state index contributed by atoms with van der Waals surface area (Å²) >= 11 is 2.97. The molecule has 0 unspecified atom stereocenters. The first-order valence-corrected chi connectivity index (χ1v) is 6.17. The van der Waals surface area contributed by atoms with Crippen LogP contribution in [-0.4, -0.2) is 27.3 Å². The van der Waals surface area contributed by atoms with E-state index in [1.165, 1.54) is 23.0 Å². The number of nitrogens with two attached hydrogens (primary N) is 1. The minimum absolute atomic E-state index is 0. The molecule has 8 heteroatoms. The number of esters is 1. The minimum atomic E-state index is -0.563. The molecule has 0 aliphatic carbocycles. The molecule has 108 valence electrons. The zero-order chi connectivity index (χ0) is 14.0. The maximum Gasteiger partial charge on any atom is 0.343 e. The van der Waals surface area contributed by atoms with Crippen LogP contribution in [0.15, 0.2) is 22.9 Å². The number of hydrogen-bond acceptors (Lipinski definition) is 5. The molecule has 0 fully saturated rings. The van der Waals surface area contributed by atoms with Gasteiger partial charge in [-0.2, -0.15) is 9.78 Å². The molecule has 0 saturated heterocycles. The summed E-state index contributed by atoms with van der Waals surface area (Å²) in [6.45, 7) is 1.93. The largest absolute Gasteiger partial charge is 0.462 e. The Morgan fingerprint density at radius 2 is 2.25 bits per heavy atom. The van der Waals surface area contributed by atoms with Crippen molar-refractivity contribution in [3.8, 4) is 5.82 Å². The van der Waals surface area contributed by atoms with Crippen LogP contribution in [0, 0.1) is 5.82 Å². The number of rotatable bonds is 3. The lowest BCUT2D eigenvalue weighted by Crippen LogP contribution is -2.09. The Morgan fingerprint density at radius 1 is 1.55 bits per heavy atom. The van der Waals surface area contributed by atoms with Crippen molar-refractivity contribution in [3.05, 3.63) is 34.3 Å². The number of carbonyl (C=O) groups excluding carboxylic acids is 1. The summed E-state index contributed by atoms with van der Waals surface area (Å²) in [7, 11) is 0. The van der Waals surface area contributed by atoms with Gasteiger partial charge in [0.25, 0.3) is 0 Å².